The van der Waals surface area contributed by atoms with Crippen molar-refractivity contribution >= 4 is 33.4 Å². The van der Waals surface area contributed by atoms with Crippen molar-refractivity contribution in [2.24, 2.45) is 0 Å². The van der Waals surface area contributed by atoms with Crippen molar-refractivity contribution in [1.29, 1.82) is 0 Å². The van der Waals surface area contributed by atoms with E-state index in [1.807, 2.05) is 42.0 Å². The summed E-state index contributed by atoms with van der Waals surface area (Å²) in [7, 11) is 1.41. The zero-order valence-corrected chi connectivity index (χ0v) is 24.7. The van der Waals surface area contributed by atoms with Crippen molar-refractivity contribution in [3.8, 4) is 17.2 Å². The Balaban J connectivity index is 1.47. The number of phenolic OH excluding ortho intramolecular Hbond substituents is 1. The normalized spacial score (nSPS) is 16.2. The third-order valence-corrected chi connectivity index (χ3v) is 7.89. The molecule has 0 spiro atoms. The van der Waals surface area contributed by atoms with E-state index in [-0.39, 0.29) is 29.4 Å². The number of imidazole rings is 1. The molecule has 0 bridgehead atoms. The molecule has 10 heteroatoms. The minimum absolute atomic E-state index is 0.0455. The van der Waals surface area contributed by atoms with Crippen LogP contribution >= 0.6 is 15.9 Å². The second-order valence-electron chi connectivity index (χ2n) is 9.94. The van der Waals surface area contributed by atoms with E-state index in [2.05, 4.69) is 20.9 Å². The van der Waals surface area contributed by atoms with Crippen LogP contribution in [0.3, 0.4) is 0 Å². The molecule has 0 radical (unpaired) electrons. The number of hydrogen-bond acceptors (Lipinski definition) is 7. The van der Waals surface area contributed by atoms with Crippen LogP contribution in [-0.2, 0) is 22.7 Å². The van der Waals surface area contributed by atoms with Gasteiger partial charge in [-0.15, -0.1) is 0 Å². The number of aliphatic hydroxyl groups excluding tert-OH is 1. The molecule has 4 aromatic rings. The summed E-state index contributed by atoms with van der Waals surface area (Å²) in [6.07, 6.45) is 5.72. The molecule has 1 atom stereocenters. The number of carbonyl (C=O) groups is 2. The number of rotatable bonds is 10. The standard InChI is InChI=1S/C32H30BrN3O6/c1-20-6-3-4-7-22(20)18-42-24-10-8-21(9-11-24)29(37)27-28(23-16-25(33)30(38)26(17-23)41-2)36(32(40)31(27)39)14-5-13-35-15-12-34-19-35/h3-4,6-12,15-17,19,28,37-38H,5,13-14,18H2,1-2H3. The largest absolute Gasteiger partial charge is 0.507 e. The molecule has 42 heavy (non-hydrogen) atoms. The number of ketones is 1. The molecule has 0 saturated carbocycles. The third kappa shape index (κ3) is 5.89. The lowest BCUT2D eigenvalue weighted by Gasteiger charge is -2.26. The molecule has 0 aliphatic carbocycles. The Kier molecular flexibility index (Phi) is 8.63. The van der Waals surface area contributed by atoms with Gasteiger partial charge in [0, 0.05) is 31.0 Å². The monoisotopic (exact) mass is 631 g/mol. The molecule has 2 heterocycles. The number of ether oxygens (including phenoxy) is 2. The van der Waals surface area contributed by atoms with Crippen LogP contribution in [0, 0.1) is 6.92 Å². The van der Waals surface area contributed by atoms with Gasteiger partial charge in [-0.25, -0.2) is 4.98 Å². The molecule has 1 aliphatic heterocycles. The summed E-state index contributed by atoms with van der Waals surface area (Å²) in [6, 6.07) is 17.0. The Bertz CT molecular complexity index is 1630. The number of amides is 1. The number of methoxy groups -OCH3 is 1. The highest BCUT2D eigenvalue weighted by Gasteiger charge is 2.46. The molecule has 1 unspecified atom stereocenters. The summed E-state index contributed by atoms with van der Waals surface area (Å²) in [5.74, 6) is -1.16. The fourth-order valence-corrected chi connectivity index (χ4v) is 5.46. The molecule has 5 rings (SSSR count). The van der Waals surface area contributed by atoms with Crippen LogP contribution in [0.5, 0.6) is 17.2 Å². The van der Waals surface area contributed by atoms with E-state index in [4.69, 9.17) is 9.47 Å². The maximum atomic E-state index is 13.4. The number of nitrogens with zero attached hydrogens (tertiary/aromatic N) is 3. The summed E-state index contributed by atoms with van der Waals surface area (Å²) in [4.78, 5) is 32.3. The zero-order chi connectivity index (χ0) is 29.8. The van der Waals surface area contributed by atoms with Crippen LogP contribution in [0.1, 0.15) is 34.7 Å². The van der Waals surface area contributed by atoms with Crippen LogP contribution in [0.15, 0.2) is 89.4 Å². The maximum absolute atomic E-state index is 13.4. The Morgan fingerprint density at radius 3 is 2.52 bits per heavy atom. The predicted molar refractivity (Wildman–Crippen MR) is 160 cm³/mol. The quantitative estimate of drug-likeness (QED) is 0.130. The summed E-state index contributed by atoms with van der Waals surface area (Å²) in [5.41, 5.74) is 3.01. The van der Waals surface area contributed by atoms with Gasteiger partial charge in [-0.3, -0.25) is 9.59 Å². The number of aromatic nitrogens is 2. The number of Topliss-reactive ketones (excluding diaryl/α,β-unsaturated/α-hetero) is 1. The molecular formula is C32H30BrN3O6. The van der Waals surface area contributed by atoms with Crippen molar-refractivity contribution in [3.05, 3.63) is 112 Å². The van der Waals surface area contributed by atoms with Crippen molar-refractivity contribution < 1.29 is 29.3 Å². The highest BCUT2D eigenvalue weighted by atomic mass is 79.9. The molecule has 9 nitrogen and oxygen atoms in total. The zero-order valence-electron chi connectivity index (χ0n) is 23.2. The average Bonchev–Trinajstić information content (AvgIpc) is 3.60. The summed E-state index contributed by atoms with van der Waals surface area (Å²) in [5, 5.41) is 21.8. The SMILES string of the molecule is COc1cc(C2C(=C(O)c3ccc(OCc4ccccc4C)cc3)C(=O)C(=O)N2CCCn2ccnc2)cc(Br)c1O. The predicted octanol–water partition coefficient (Wildman–Crippen LogP) is 5.76. The van der Waals surface area contributed by atoms with Gasteiger partial charge in [0.1, 0.15) is 18.1 Å². The molecule has 216 valence electrons. The molecular weight excluding hydrogens is 602 g/mol. The number of aromatic hydroxyl groups is 1. The second kappa shape index (κ2) is 12.5. The van der Waals surface area contributed by atoms with Gasteiger partial charge in [-0.1, -0.05) is 24.3 Å². The van der Waals surface area contributed by atoms with Crippen LogP contribution in [0.25, 0.3) is 5.76 Å². The van der Waals surface area contributed by atoms with Gasteiger partial charge in [0.15, 0.2) is 11.5 Å². The molecule has 3 aromatic carbocycles. The molecule has 1 fully saturated rings. The summed E-state index contributed by atoms with van der Waals surface area (Å²) in [6.45, 7) is 3.24. The molecule has 1 saturated heterocycles. The smallest absolute Gasteiger partial charge is 0.295 e. The maximum Gasteiger partial charge on any atom is 0.295 e. The lowest BCUT2D eigenvalue weighted by atomic mass is 9.95. The van der Waals surface area contributed by atoms with Gasteiger partial charge in [-0.05, 0) is 82.4 Å². The topological polar surface area (TPSA) is 114 Å². The lowest BCUT2D eigenvalue weighted by molar-refractivity contribution is -0.139. The Labute approximate surface area is 251 Å². The lowest BCUT2D eigenvalue weighted by Crippen LogP contribution is -2.31. The third-order valence-electron chi connectivity index (χ3n) is 7.28. The van der Waals surface area contributed by atoms with E-state index < -0.39 is 17.7 Å². The van der Waals surface area contributed by atoms with Crippen molar-refractivity contribution in [3.63, 3.8) is 0 Å². The minimum atomic E-state index is -0.907. The fraction of sp³-hybridized carbons (Fsp3) is 0.219. The molecule has 1 aliphatic rings. The first-order valence-electron chi connectivity index (χ1n) is 13.4. The van der Waals surface area contributed by atoms with Gasteiger partial charge >= 0.3 is 0 Å². The minimum Gasteiger partial charge on any atom is -0.507 e. The van der Waals surface area contributed by atoms with Crippen LogP contribution in [0.4, 0.5) is 0 Å². The van der Waals surface area contributed by atoms with E-state index in [0.29, 0.717) is 40.9 Å². The van der Waals surface area contributed by atoms with Gasteiger partial charge in [-0.2, -0.15) is 0 Å². The number of aryl methyl sites for hydroxylation is 2. The fourth-order valence-electron chi connectivity index (χ4n) is 5.00. The number of phenols is 1. The van der Waals surface area contributed by atoms with Crippen molar-refractivity contribution in [2.45, 2.75) is 32.5 Å². The summed E-state index contributed by atoms with van der Waals surface area (Å²) >= 11 is 3.34. The number of carbonyl (C=O) groups excluding carboxylic acids is 2. The van der Waals surface area contributed by atoms with Crippen molar-refractivity contribution in [1.82, 2.24) is 14.5 Å². The van der Waals surface area contributed by atoms with E-state index in [1.165, 1.54) is 12.0 Å². The summed E-state index contributed by atoms with van der Waals surface area (Å²) < 4.78 is 13.5. The van der Waals surface area contributed by atoms with Gasteiger partial charge < -0.3 is 29.2 Å². The number of halogens is 1. The highest BCUT2D eigenvalue weighted by Crippen LogP contribution is 2.44. The first-order chi connectivity index (χ1) is 20.3. The number of likely N-dealkylation sites (tertiary alicyclic amines) is 1. The number of hydrogen-bond donors (Lipinski definition) is 2. The van der Waals surface area contributed by atoms with Crippen LogP contribution in [0.2, 0.25) is 0 Å². The Morgan fingerprint density at radius 1 is 1.07 bits per heavy atom. The van der Waals surface area contributed by atoms with E-state index in [1.54, 1.807) is 48.9 Å². The van der Waals surface area contributed by atoms with Gasteiger partial charge in [0.05, 0.1) is 29.5 Å². The Morgan fingerprint density at radius 2 is 1.83 bits per heavy atom. The van der Waals surface area contributed by atoms with Crippen molar-refractivity contribution in [2.75, 3.05) is 13.7 Å². The average molecular weight is 633 g/mol. The van der Waals surface area contributed by atoms with E-state index >= 15 is 0 Å². The number of benzene rings is 3. The second-order valence-corrected chi connectivity index (χ2v) is 10.8. The highest BCUT2D eigenvalue weighted by molar-refractivity contribution is 9.10. The number of aliphatic hydroxyl groups is 1. The van der Waals surface area contributed by atoms with Gasteiger partial charge in [0.2, 0.25) is 0 Å². The molecule has 1 aromatic heterocycles. The first-order valence-corrected chi connectivity index (χ1v) is 14.2. The van der Waals surface area contributed by atoms with Crippen LogP contribution < -0.4 is 9.47 Å². The first kappa shape index (κ1) is 28.9. The molecule has 1 amide bonds. The molecule has 2 N–H and O–H groups in total. The Hall–Kier alpha value is -4.57. The van der Waals surface area contributed by atoms with E-state index in [0.717, 1.165) is 11.1 Å². The van der Waals surface area contributed by atoms with Crippen LogP contribution in [-0.4, -0.2) is 50.0 Å². The van der Waals surface area contributed by atoms with Gasteiger partial charge in [0.25, 0.3) is 11.7 Å². The van der Waals surface area contributed by atoms with E-state index in [9.17, 15) is 19.8 Å².